The molecule has 0 saturated carbocycles. The van der Waals surface area contributed by atoms with Gasteiger partial charge in [0.05, 0.1) is 23.8 Å². The van der Waals surface area contributed by atoms with Crippen molar-refractivity contribution in [3.05, 3.63) is 60.1 Å². The van der Waals surface area contributed by atoms with Crippen LogP contribution in [0.5, 0.6) is 0 Å². The number of thioether (sulfide) groups is 1. The van der Waals surface area contributed by atoms with E-state index in [9.17, 15) is 4.79 Å². The minimum Gasteiger partial charge on any atom is -0.467 e. The van der Waals surface area contributed by atoms with E-state index in [-0.39, 0.29) is 11.2 Å². The molecule has 1 aliphatic heterocycles. The largest absolute Gasteiger partial charge is 0.467 e. The number of carbonyl (C=O) groups is 1. The molecule has 1 atom stereocenters. The van der Waals surface area contributed by atoms with Crippen molar-refractivity contribution in [3.63, 3.8) is 0 Å². The van der Waals surface area contributed by atoms with Crippen LogP contribution in [0.1, 0.15) is 31.6 Å². The van der Waals surface area contributed by atoms with Crippen LogP contribution >= 0.6 is 11.8 Å². The third-order valence-electron chi connectivity index (χ3n) is 3.72. The summed E-state index contributed by atoms with van der Waals surface area (Å²) in [5.74, 6) is 0.761. The predicted molar refractivity (Wildman–Crippen MR) is 97.0 cm³/mol. The zero-order valence-electron chi connectivity index (χ0n) is 13.7. The van der Waals surface area contributed by atoms with Crippen LogP contribution in [0.3, 0.4) is 0 Å². The Labute approximate surface area is 145 Å². The molecule has 6 heteroatoms. The summed E-state index contributed by atoms with van der Waals surface area (Å²) < 4.78 is 5.35. The van der Waals surface area contributed by atoms with Gasteiger partial charge in [-0.15, -0.1) is 5.10 Å². The van der Waals surface area contributed by atoms with E-state index in [2.05, 4.69) is 10.2 Å². The highest BCUT2D eigenvalue weighted by molar-refractivity contribution is 8.15. The quantitative estimate of drug-likeness (QED) is 0.612. The van der Waals surface area contributed by atoms with Gasteiger partial charge in [0.2, 0.25) is 5.91 Å². The molecule has 1 aliphatic rings. The van der Waals surface area contributed by atoms with Gasteiger partial charge in [0.15, 0.2) is 5.17 Å². The van der Waals surface area contributed by atoms with Crippen LogP contribution in [0.15, 0.2) is 63.3 Å². The molecule has 0 N–H and O–H groups in total. The van der Waals surface area contributed by atoms with E-state index in [4.69, 9.17) is 4.42 Å². The maximum absolute atomic E-state index is 12.4. The van der Waals surface area contributed by atoms with Crippen molar-refractivity contribution in [1.29, 1.82) is 0 Å². The van der Waals surface area contributed by atoms with E-state index >= 15 is 0 Å². The van der Waals surface area contributed by atoms with Crippen LogP contribution in [0.25, 0.3) is 0 Å². The third-order valence-corrected chi connectivity index (χ3v) is 4.79. The number of nitrogens with zero attached hydrogens (tertiary/aromatic N) is 3. The summed E-state index contributed by atoms with van der Waals surface area (Å²) in [6.45, 7) is 4.30. The summed E-state index contributed by atoms with van der Waals surface area (Å²) in [5.41, 5.74) is 1.94. The highest BCUT2D eigenvalue weighted by Crippen LogP contribution is 2.28. The molecule has 0 radical (unpaired) electrons. The SMILES string of the molecule is CC/C(=N/N=C1\S[C@@H](C)C(=O)N1Cc1ccco1)c1ccccc1. The Balaban J connectivity index is 1.86. The second kappa shape index (κ2) is 7.49. The monoisotopic (exact) mass is 341 g/mol. The number of carbonyl (C=O) groups excluding carboxylic acids is 1. The molecular weight excluding hydrogens is 322 g/mol. The molecule has 1 amide bonds. The van der Waals surface area contributed by atoms with Gasteiger partial charge in [-0.25, -0.2) is 0 Å². The Hall–Kier alpha value is -2.34. The Morgan fingerprint density at radius 2 is 2.04 bits per heavy atom. The molecule has 0 spiro atoms. The first-order chi connectivity index (χ1) is 11.7. The summed E-state index contributed by atoms with van der Waals surface area (Å²) in [7, 11) is 0. The van der Waals surface area contributed by atoms with Crippen molar-refractivity contribution in [2.45, 2.75) is 32.1 Å². The molecule has 124 valence electrons. The van der Waals surface area contributed by atoms with Crippen LogP contribution < -0.4 is 0 Å². The lowest BCUT2D eigenvalue weighted by atomic mass is 10.1. The fraction of sp³-hybridized carbons (Fsp3) is 0.278. The summed E-state index contributed by atoms with van der Waals surface area (Å²) >= 11 is 1.43. The topological polar surface area (TPSA) is 58.2 Å². The first-order valence-electron chi connectivity index (χ1n) is 7.89. The van der Waals surface area contributed by atoms with Gasteiger partial charge in [-0.1, -0.05) is 49.0 Å². The highest BCUT2D eigenvalue weighted by Gasteiger charge is 2.35. The second-order valence-corrected chi connectivity index (χ2v) is 6.72. The molecule has 1 aromatic heterocycles. The highest BCUT2D eigenvalue weighted by atomic mass is 32.2. The molecule has 1 saturated heterocycles. The van der Waals surface area contributed by atoms with Crippen LogP contribution in [0.2, 0.25) is 0 Å². The van der Waals surface area contributed by atoms with E-state index in [0.29, 0.717) is 11.7 Å². The van der Waals surface area contributed by atoms with Crippen LogP contribution in [0, 0.1) is 0 Å². The maximum atomic E-state index is 12.4. The molecule has 2 aromatic rings. The van der Waals surface area contributed by atoms with Gasteiger partial charge in [0.1, 0.15) is 5.76 Å². The summed E-state index contributed by atoms with van der Waals surface area (Å²) in [5, 5.41) is 9.23. The van der Waals surface area contributed by atoms with Gasteiger partial charge in [-0.05, 0) is 31.0 Å². The maximum Gasteiger partial charge on any atom is 0.242 e. The van der Waals surface area contributed by atoms with Crippen molar-refractivity contribution in [2.24, 2.45) is 10.2 Å². The Morgan fingerprint density at radius 1 is 1.25 bits per heavy atom. The van der Waals surface area contributed by atoms with Gasteiger partial charge >= 0.3 is 0 Å². The number of furan rings is 1. The zero-order valence-corrected chi connectivity index (χ0v) is 14.5. The van der Waals surface area contributed by atoms with Crippen LogP contribution in [-0.2, 0) is 11.3 Å². The zero-order chi connectivity index (χ0) is 16.9. The minimum atomic E-state index is -0.157. The number of hydrogen-bond donors (Lipinski definition) is 0. The number of hydrogen-bond acceptors (Lipinski definition) is 5. The van der Waals surface area contributed by atoms with Gasteiger partial charge in [0.25, 0.3) is 0 Å². The molecular formula is C18H19N3O2S. The van der Waals surface area contributed by atoms with Crippen molar-refractivity contribution in [2.75, 3.05) is 0 Å². The van der Waals surface area contributed by atoms with E-state index < -0.39 is 0 Å². The van der Waals surface area contributed by atoms with Crippen molar-refractivity contribution in [1.82, 2.24) is 4.90 Å². The molecule has 1 fully saturated rings. The standard InChI is InChI=1S/C18H19N3O2S/c1-3-16(14-8-5-4-6-9-14)19-20-18-21(17(22)13(2)24-18)12-15-10-7-11-23-15/h4-11,13H,3,12H2,1-2H3/b19-16-,20-18-/t13-/m0/s1. The first kappa shape index (κ1) is 16.5. The van der Waals surface area contributed by atoms with Crippen LogP contribution in [-0.4, -0.2) is 26.9 Å². The lowest BCUT2D eigenvalue weighted by Crippen LogP contribution is -2.30. The molecule has 0 aliphatic carbocycles. The summed E-state index contributed by atoms with van der Waals surface area (Å²) in [6, 6.07) is 13.6. The fourth-order valence-corrected chi connectivity index (χ4v) is 3.35. The predicted octanol–water partition coefficient (Wildman–Crippen LogP) is 3.91. The Kier molecular flexibility index (Phi) is 5.15. The molecule has 24 heavy (non-hydrogen) atoms. The first-order valence-corrected chi connectivity index (χ1v) is 8.77. The Bertz CT molecular complexity index is 754. The van der Waals surface area contributed by atoms with E-state index in [1.165, 1.54) is 11.8 Å². The second-order valence-electron chi connectivity index (χ2n) is 5.41. The van der Waals surface area contributed by atoms with Crippen LogP contribution in [0.4, 0.5) is 0 Å². The fourth-order valence-electron chi connectivity index (χ4n) is 2.43. The lowest BCUT2D eigenvalue weighted by molar-refractivity contribution is -0.126. The Morgan fingerprint density at radius 3 is 2.71 bits per heavy atom. The summed E-state index contributed by atoms with van der Waals surface area (Å²) in [6.07, 6.45) is 2.37. The molecule has 0 unspecified atom stereocenters. The third kappa shape index (κ3) is 3.59. The van der Waals surface area contributed by atoms with Gasteiger partial charge < -0.3 is 4.42 Å². The number of benzene rings is 1. The van der Waals surface area contributed by atoms with E-state index in [1.807, 2.05) is 56.3 Å². The molecule has 1 aromatic carbocycles. The molecule has 2 heterocycles. The van der Waals surface area contributed by atoms with Gasteiger partial charge in [0, 0.05) is 0 Å². The van der Waals surface area contributed by atoms with Gasteiger partial charge in [-0.2, -0.15) is 5.10 Å². The summed E-state index contributed by atoms with van der Waals surface area (Å²) in [4.78, 5) is 14.0. The molecule has 5 nitrogen and oxygen atoms in total. The van der Waals surface area contributed by atoms with E-state index in [0.717, 1.165) is 23.5 Å². The van der Waals surface area contributed by atoms with Crippen molar-refractivity contribution in [3.8, 4) is 0 Å². The van der Waals surface area contributed by atoms with Crippen molar-refractivity contribution >= 4 is 28.5 Å². The van der Waals surface area contributed by atoms with E-state index in [1.54, 1.807) is 11.2 Å². The average molecular weight is 341 g/mol. The van der Waals surface area contributed by atoms with Crippen molar-refractivity contribution < 1.29 is 9.21 Å². The average Bonchev–Trinajstić information content (AvgIpc) is 3.21. The normalized spacial score (nSPS) is 20.2. The van der Waals surface area contributed by atoms with Gasteiger partial charge in [-0.3, -0.25) is 9.69 Å². The number of rotatable bonds is 5. The number of amidine groups is 1. The smallest absolute Gasteiger partial charge is 0.242 e. The minimum absolute atomic E-state index is 0.0307. The lowest BCUT2D eigenvalue weighted by Gasteiger charge is -2.13. The molecule has 3 rings (SSSR count). The molecule has 0 bridgehead atoms. The number of amides is 1.